The van der Waals surface area contributed by atoms with E-state index < -0.39 is 104 Å². The second-order valence-electron chi connectivity index (χ2n) is 17.6. The Hall–Kier alpha value is 2.16. The molecule has 0 rings (SSSR count). The maximum absolute atomic E-state index is 7.08. The fourth-order valence-electron chi connectivity index (χ4n) is 6.10. The molecule has 0 aliphatic carbocycles. The van der Waals surface area contributed by atoms with Crippen molar-refractivity contribution in [2.75, 3.05) is 0 Å². The molecule has 47 heavy (non-hydrogen) atoms. The second-order valence-corrected chi connectivity index (χ2v) is 59.7. The van der Waals surface area contributed by atoms with E-state index in [2.05, 4.69) is 118 Å². The molecule has 0 bridgehead atoms. The highest BCUT2D eigenvalue weighted by molar-refractivity contribution is 6.94. The van der Waals surface area contributed by atoms with Gasteiger partial charge in [0.25, 0.3) is 0 Å². The molecule has 0 saturated carbocycles. The van der Waals surface area contributed by atoms with Gasteiger partial charge in [0.1, 0.15) is 0 Å². The van der Waals surface area contributed by atoms with Gasteiger partial charge in [-0.1, -0.05) is 0 Å². The summed E-state index contributed by atoms with van der Waals surface area (Å²) in [6, 6.07) is 0. The molecule has 0 radical (unpaired) electrons. The molecule has 0 aromatic heterocycles. The molecule has 2 unspecified atom stereocenters. The molecular weight excluding hydrogens is 801 g/mol. The zero-order valence-corrected chi connectivity index (χ0v) is 47.0. The van der Waals surface area contributed by atoms with Crippen molar-refractivity contribution in [3.05, 3.63) is 0 Å². The van der Waals surface area contributed by atoms with Gasteiger partial charge in [0.2, 0.25) is 0 Å². The van der Waals surface area contributed by atoms with E-state index >= 15 is 0 Å². The predicted octanol–water partition coefficient (Wildman–Crippen LogP) is 8.15. The van der Waals surface area contributed by atoms with E-state index in [0.29, 0.717) is 0 Å². The van der Waals surface area contributed by atoms with Gasteiger partial charge >= 0.3 is 69.0 Å². The van der Waals surface area contributed by atoms with Gasteiger partial charge in [-0.15, -0.1) is 0 Å². The van der Waals surface area contributed by atoms with E-state index in [1.54, 1.807) is 0 Å². The van der Waals surface area contributed by atoms with Gasteiger partial charge in [0, 0.05) is 13.1 Å². The Bertz CT molecular complexity index is 912. The Morgan fingerprint density at radius 2 is 0.468 bits per heavy atom. The van der Waals surface area contributed by atoms with E-state index in [9.17, 15) is 0 Å². The van der Waals surface area contributed by atoms with Crippen LogP contribution in [0, 0.1) is 0 Å². The Labute approximate surface area is 304 Å². The Balaban J connectivity index is 6.50. The van der Waals surface area contributed by atoms with E-state index in [-0.39, 0.29) is 0 Å². The largest absolute Gasteiger partial charge is 0.470 e. The number of rotatable bonds is 22. The summed E-state index contributed by atoms with van der Waals surface area (Å²) >= 11 is 0. The van der Waals surface area contributed by atoms with Crippen LogP contribution in [0.15, 0.2) is 0 Å². The topological polar surface area (TPSA) is 102 Å². The van der Waals surface area contributed by atoms with Crippen molar-refractivity contribution >= 4 is 104 Å². The molecule has 0 N–H and O–H groups in total. The quantitative estimate of drug-likeness (QED) is 0.0986. The minimum absolute atomic E-state index is 1.27. The fraction of sp³-hybridized carbons (Fsp3) is 1.00. The lowest BCUT2D eigenvalue weighted by Crippen LogP contribution is -2.67. The first-order valence-corrected chi connectivity index (χ1v) is 50.6. The lowest BCUT2D eigenvalue weighted by atomic mass is 11.8. The maximum atomic E-state index is 7.08. The molecule has 284 valence electrons. The zero-order chi connectivity index (χ0) is 37.9. The first-order valence-electron chi connectivity index (χ1n) is 16.9. The van der Waals surface area contributed by atoms with Crippen LogP contribution < -0.4 is 0 Å². The van der Waals surface area contributed by atoms with Crippen LogP contribution in [0.2, 0.25) is 157 Å². The molecule has 0 aliphatic heterocycles. The van der Waals surface area contributed by atoms with E-state index in [1.165, 1.54) is 0 Å². The summed E-state index contributed by atoms with van der Waals surface area (Å²) in [4.78, 5) is 0. The molecule has 0 fully saturated rings. The third kappa shape index (κ3) is 23.4. The smallest absolute Gasteiger partial charge is 0.440 e. The van der Waals surface area contributed by atoms with Crippen molar-refractivity contribution in [3.8, 4) is 0 Å². The van der Waals surface area contributed by atoms with Gasteiger partial charge in [-0.2, -0.15) is 0 Å². The molecular formula is C24H74O11Si12. The molecule has 0 saturated heterocycles. The van der Waals surface area contributed by atoms with Crippen LogP contribution in [0.4, 0.5) is 0 Å². The Morgan fingerprint density at radius 3 is 0.681 bits per heavy atom. The molecule has 11 nitrogen and oxygen atoms in total. The fourth-order valence-corrected chi connectivity index (χ4v) is 59.5. The Morgan fingerprint density at radius 1 is 0.255 bits per heavy atom. The SMILES string of the molecule is C[SiH](C)O[Si](C)(C)O[Si](C)(C)O[Si](C)(C)O[Si](C)(O[Si](C)(C)C)O[Si](C)(O[Si](C)(C)C)O[Si](C)(C)O[Si](C)(C)O[Si](C)(C)O[SiH](C)C. The monoisotopic (exact) mass is 874 g/mol. The van der Waals surface area contributed by atoms with Gasteiger partial charge in [-0.05, 0) is 144 Å². The van der Waals surface area contributed by atoms with Crippen molar-refractivity contribution in [1.82, 2.24) is 0 Å². The van der Waals surface area contributed by atoms with Crippen molar-refractivity contribution in [3.63, 3.8) is 0 Å². The summed E-state index contributed by atoms with van der Waals surface area (Å²) in [7, 11) is -29.5. The van der Waals surface area contributed by atoms with Gasteiger partial charge in [0.15, 0.2) is 34.7 Å². The van der Waals surface area contributed by atoms with Gasteiger partial charge in [0.05, 0.1) is 0 Å². The lowest BCUT2D eigenvalue weighted by Gasteiger charge is -2.47. The summed E-state index contributed by atoms with van der Waals surface area (Å²) in [6.45, 7) is 50.3. The third-order valence-corrected chi connectivity index (χ3v) is 47.0. The molecule has 0 aliphatic rings. The molecule has 2 atom stereocenters. The van der Waals surface area contributed by atoms with Crippen LogP contribution in [-0.4, -0.2) is 104 Å². The van der Waals surface area contributed by atoms with Crippen LogP contribution in [0.5, 0.6) is 0 Å². The first kappa shape index (κ1) is 49.2. The second kappa shape index (κ2) is 17.1. The average molecular weight is 876 g/mol. The third-order valence-electron chi connectivity index (χ3n) is 5.22. The van der Waals surface area contributed by atoms with Gasteiger partial charge < -0.3 is 45.3 Å². The highest BCUT2D eigenvalue weighted by atomic mass is 28.6. The standard InChI is InChI=1S/C24H74O11Si12/c1-36(2)25-40(11,12)29-42(15,16)31-44(19,20)33-46(23,27-38(5,6)7)35-47(24,28-39(8,9)10)34-45(21,22)32-43(17,18)30-41(13,14)26-37(3)4/h36-37H,1-24H3. The summed E-state index contributed by atoms with van der Waals surface area (Å²) in [5.74, 6) is 0. The van der Waals surface area contributed by atoms with Crippen LogP contribution in [0.25, 0.3) is 0 Å². The first-order chi connectivity index (χ1) is 20.2. The average Bonchev–Trinajstić information content (AvgIpc) is 2.54. The van der Waals surface area contributed by atoms with E-state index in [4.69, 9.17) is 45.3 Å². The molecule has 0 amide bonds. The van der Waals surface area contributed by atoms with Crippen molar-refractivity contribution < 1.29 is 45.3 Å². The number of hydrogen-bond acceptors (Lipinski definition) is 11. The van der Waals surface area contributed by atoms with Crippen molar-refractivity contribution in [2.45, 2.75) is 157 Å². The van der Waals surface area contributed by atoms with Crippen LogP contribution in [-0.2, 0) is 45.3 Å². The zero-order valence-electron chi connectivity index (χ0n) is 34.6. The highest BCUT2D eigenvalue weighted by Crippen LogP contribution is 2.33. The highest BCUT2D eigenvalue weighted by Gasteiger charge is 2.57. The summed E-state index contributed by atoms with van der Waals surface area (Å²) in [5.41, 5.74) is 0. The van der Waals surface area contributed by atoms with Crippen LogP contribution in [0.3, 0.4) is 0 Å². The van der Waals surface area contributed by atoms with E-state index in [1.807, 2.05) is 39.3 Å². The summed E-state index contributed by atoms with van der Waals surface area (Å²) in [5, 5.41) is 0. The molecule has 0 heterocycles. The minimum Gasteiger partial charge on any atom is -0.440 e. The van der Waals surface area contributed by atoms with Crippen molar-refractivity contribution in [2.24, 2.45) is 0 Å². The molecule has 23 heteroatoms. The molecule has 0 aromatic carbocycles. The van der Waals surface area contributed by atoms with E-state index in [0.717, 1.165) is 0 Å². The van der Waals surface area contributed by atoms with Crippen molar-refractivity contribution in [1.29, 1.82) is 0 Å². The summed E-state index contributed by atoms with van der Waals surface area (Å²) < 4.78 is 74.2. The van der Waals surface area contributed by atoms with Crippen LogP contribution in [0.1, 0.15) is 0 Å². The normalized spacial score (nSPS) is 17.7. The molecule has 0 spiro atoms. The number of hydrogen-bond donors (Lipinski definition) is 0. The van der Waals surface area contributed by atoms with Crippen LogP contribution >= 0.6 is 0 Å². The molecule has 0 aromatic rings. The maximum Gasteiger partial charge on any atom is 0.470 e. The lowest BCUT2D eigenvalue weighted by molar-refractivity contribution is 0.162. The minimum atomic E-state index is -3.43. The predicted molar refractivity (Wildman–Crippen MR) is 225 cm³/mol. The van der Waals surface area contributed by atoms with Gasteiger partial charge in [-0.25, -0.2) is 0 Å². The Kier molecular flexibility index (Phi) is 17.9. The summed E-state index contributed by atoms with van der Waals surface area (Å²) in [6.07, 6.45) is 0. The van der Waals surface area contributed by atoms with Gasteiger partial charge in [-0.3, -0.25) is 0 Å².